The summed E-state index contributed by atoms with van der Waals surface area (Å²) in [5, 5.41) is 0. The zero-order chi connectivity index (χ0) is 12.5. The molecule has 2 heterocycles. The predicted octanol–water partition coefficient (Wildman–Crippen LogP) is 3.53. The number of hydrogen-bond acceptors (Lipinski definition) is 2. The minimum atomic E-state index is 0.532. The second kappa shape index (κ2) is 4.68. The molecule has 2 aliphatic rings. The normalized spacial score (nSPS) is 22.6. The number of rotatable bonds is 1. The fourth-order valence-electron chi connectivity index (χ4n) is 2.84. The molecule has 0 saturated heterocycles. The summed E-state index contributed by atoms with van der Waals surface area (Å²) >= 11 is 0. The van der Waals surface area contributed by atoms with Crippen LogP contribution in [0, 0.1) is 5.92 Å². The van der Waals surface area contributed by atoms with Crippen LogP contribution in [0.1, 0.15) is 31.4 Å². The van der Waals surface area contributed by atoms with Crippen molar-refractivity contribution in [3.63, 3.8) is 0 Å². The maximum Gasteiger partial charge on any atom is 0.129 e. The SMILES string of the molecule is C/C=C(\C)[C@@H]1COc2c(ccc3c2CCCO3)C1. The highest BCUT2D eigenvalue weighted by atomic mass is 16.5. The molecule has 0 saturated carbocycles. The summed E-state index contributed by atoms with van der Waals surface area (Å²) in [5.41, 5.74) is 4.06. The summed E-state index contributed by atoms with van der Waals surface area (Å²) in [6.07, 6.45) is 5.48. The molecule has 1 aromatic carbocycles. The number of ether oxygens (including phenoxy) is 2. The first-order chi connectivity index (χ1) is 8.79. The molecule has 0 aromatic heterocycles. The third-order valence-corrected chi connectivity index (χ3v) is 4.12. The van der Waals surface area contributed by atoms with E-state index in [0.29, 0.717) is 5.92 Å². The molecule has 0 amide bonds. The lowest BCUT2D eigenvalue weighted by atomic mass is 9.88. The number of allylic oxidation sites excluding steroid dienone is 1. The van der Waals surface area contributed by atoms with E-state index in [2.05, 4.69) is 32.1 Å². The molecule has 0 N–H and O–H groups in total. The molecule has 0 unspecified atom stereocenters. The quantitative estimate of drug-likeness (QED) is 0.704. The van der Waals surface area contributed by atoms with Gasteiger partial charge in [-0.25, -0.2) is 0 Å². The van der Waals surface area contributed by atoms with Crippen molar-refractivity contribution in [1.82, 2.24) is 0 Å². The van der Waals surface area contributed by atoms with Crippen LogP contribution in [0.3, 0.4) is 0 Å². The average molecular weight is 244 g/mol. The lowest BCUT2D eigenvalue weighted by molar-refractivity contribution is 0.230. The van der Waals surface area contributed by atoms with Gasteiger partial charge in [-0.2, -0.15) is 0 Å². The van der Waals surface area contributed by atoms with Gasteiger partial charge in [-0.15, -0.1) is 0 Å². The van der Waals surface area contributed by atoms with Gasteiger partial charge in [0.15, 0.2) is 0 Å². The van der Waals surface area contributed by atoms with Crippen LogP contribution < -0.4 is 9.47 Å². The van der Waals surface area contributed by atoms with Crippen molar-refractivity contribution in [2.45, 2.75) is 33.1 Å². The molecule has 2 aliphatic heterocycles. The van der Waals surface area contributed by atoms with Crippen molar-refractivity contribution < 1.29 is 9.47 Å². The third-order valence-electron chi connectivity index (χ3n) is 4.12. The van der Waals surface area contributed by atoms with Crippen molar-refractivity contribution in [2.24, 2.45) is 5.92 Å². The lowest BCUT2D eigenvalue weighted by Gasteiger charge is -2.30. The molecule has 2 nitrogen and oxygen atoms in total. The summed E-state index contributed by atoms with van der Waals surface area (Å²) in [6, 6.07) is 4.29. The van der Waals surface area contributed by atoms with Gasteiger partial charge in [0.25, 0.3) is 0 Å². The Morgan fingerprint density at radius 2 is 2.22 bits per heavy atom. The van der Waals surface area contributed by atoms with E-state index >= 15 is 0 Å². The molecule has 0 spiro atoms. The molecule has 3 rings (SSSR count). The van der Waals surface area contributed by atoms with Crippen molar-refractivity contribution in [1.29, 1.82) is 0 Å². The van der Waals surface area contributed by atoms with Crippen LogP contribution in [0.25, 0.3) is 0 Å². The Hall–Kier alpha value is -1.44. The van der Waals surface area contributed by atoms with E-state index < -0.39 is 0 Å². The first-order valence-electron chi connectivity index (χ1n) is 6.82. The fourth-order valence-corrected chi connectivity index (χ4v) is 2.84. The van der Waals surface area contributed by atoms with Crippen molar-refractivity contribution in [3.05, 3.63) is 34.9 Å². The van der Waals surface area contributed by atoms with Gasteiger partial charge in [0, 0.05) is 11.5 Å². The van der Waals surface area contributed by atoms with E-state index in [4.69, 9.17) is 9.47 Å². The van der Waals surface area contributed by atoms with Crippen LogP contribution >= 0.6 is 0 Å². The van der Waals surface area contributed by atoms with Crippen molar-refractivity contribution >= 4 is 0 Å². The van der Waals surface area contributed by atoms with E-state index in [1.165, 1.54) is 16.7 Å². The van der Waals surface area contributed by atoms with Crippen LogP contribution in [0.4, 0.5) is 0 Å². The predicted molar refractivity (Wildman–Crippen MR) is 72.4 cm³/mol. The van der Waals surface area contributed by atoms with Gasteiger partial charge in [0.1, 0.15) is 11.5 Å². The van der Waals surface area contributed by atoms with Gasteiger partial charge < -0.3 is 9.47 Å². The summed E-state index contributed by atoms with van der Waals surface area (Å²) in [7, 11) is 0. The van der Waals surface area contributed by atoms with Crippen LogP contribution in [0.2, 0.25) is 0 Å². The number of benzene rings is 1. The van der Waals surface area contributed by atoms with Crippen LogP contribution in [-0.4, -0.2) is 13.2 Å². The third kappa shape index (κ3) is 1.90. The number of fused-ring (bicyclic) bond motifs is 3. The van der Waals surface area contributed by atoms with Gasteiger partial charge in [0.2, 0.25) is 0 Å². The molecule has 18 heavy (non-hydrogen) atoms. The molecule has 1 atom stereocenters. The zero-order valence-corrected chi connectivity index (χ0v) is 11.2. The van der Waals surface area contributed by atoms with Crippen LogP contribution in [0.15, 0.2) is 23.8 Å². The second-order valence-electron chi connectivity index (χ2n) is 5.23. The smallest absolute Gasteiger partial charge is 0.129 e. The zero-order valence-electron chi connectivity index (χ0n) is 11.2. The van der Waals surface area contributed by atoms with E-state index in [9.17, 15) is 0 Å². The molecule has 2 heteroatoms. The molecular weight excluding hydrogens is 224 g/mol. The van der Waals surface area contributed by atoms with Gasteiger partial charge in [-0.3, -0.25) is 0 Å². The highest BCUT2D eigenvalue weighted by Crippen LogP contribution is 2.40. The van der Waals surface area contributed by atoms with Crippen LogP contribution in [-0.2, 0) is 12.8 Å². The summed E-state index contributed by atoms with van der Waals surface area (Å²) in [4.78, 5) is 0. The van der Waals surface area contributed by atoms with E-state index in [1.807, 2.05) is 0 Å². The average Bonchev–Trinajstić information content (AvgIpc) is 2.45. The summed E-state index contributed by atoms with van der Waals surface area (Å²) in [6.45, 7) is 5.94. The standard InChI is InChI=1S/C16H20O2/c1-3-11(2)13-9-12-6-7-15-14(5-4-8-17-15)16(12)18-10-13/h3,6-7,13H,4-5,8-10H2,1-2H3/b11-3+/t13-/m0/s1. The van der Waals surface area contributed by atoms with Gasteiger partial charge >= 0.3 is 0 Å². The van der Waals surface area contributed by atoms with Crippen molar-refractivity contribution in [2.75, 3.05) is 13.2 Å². The van der Waals surface area contributed by atoms with E-state index in [0.717, 1.165) is 44.0 Å². The Labute approximate surface area is 109 Å². The first kappa shape index (κ1) is 11.6. The molecular formula is C16H20O2. The molecule has 0 aliphatic carbocycles. The van der Waals surface area contributed by atoms with Gasteiger partial charge in [-0.05, 0) is 44.7 Å². The highest BCUT2D eigenvalue weighted by molar-refractivity contribution is 5.52. The minimum Gasteiger partial charge on any atom is -0.493 e. The second-order valence-corrected chi connectivity index (χ2v) is 5.23. The summed E-state index contributed by atoms with van der Waals surface area (Å²) in [5.74, 6) is 2.67. The molecule has 0 fully saturated rings. The van der Waals surface area contributed by atoms with Crippen molar-refractivity contribution in [3.8, 4) is 11.5 Å². The highest BCUT2D eigenvalue weighted by Gasteiger charge is 2.26. The Morgan fingerprint density at radius 1 is 1.33 bits per heavy atom. The Bertz CT molecular complexity index is 488. The minimum absolute atomic E-state index is 0.532. The molecule has 0 radical (unpaired) electrons. The molecule has 96 valence electrons. The fraction of sp³-hybridized carbons (Fsp3) is 0.500. The van der Waals surface area contributed by atoms with E-state index in [1.54, 1.807) is 0 Å². The van der Waals surface area contributed by atoms with Gasteiger partial charge in [-0.1, -0.05) is 17.7 Å². The number of hydrogen-bond donors (Lipinski definition) is 0. The topological polar surface area (TPSA) is 18.5 Å². The monoisotopic (exact) mass is 244 g/mol. The van der Waals surface area contributed by atoms with E-state index in [-0.39, 0.29) is 0 Å². The molecule has 0 bridgehead atoms. The Morgan fingerprint density at radius 3 is 3.06 bits per heavy atom. The maximum atomic E-state index is 6.04. The Kier molecular flexibility index (Phi) is 3.02. The largest absolute Gasteiger partial charge is 0.493 e. The summed E-state index contributed by atoms with van der Waals surface area (Å²) < 4.78 is 11.7. The lowest BCUT2D eigenvalue weighted by Crippen LogP contribution is -2.23. The Balaban J connectivity index is 1.94. The first-order valence-corrected chi connectivity index (χ1v) is 6.82. The maximum absolute atomic E-state index is 6.04. The molecule has 1 aromatic rings. The van der Waals surface area contributed by atoms with Gasteiger partial charge in [0.05, 0.1) is 13.2 Å². The van der Waals surface area contributed by atoms with Crippen LogP contribution in [0.5, 0.6) is 11.5 Å².